The second-order valence-corrected chi connectivity index (χ2v) is 14.8. The molecule has 11 rings (SSSR count). The first-order valence-electron chi connectivity index (χ1n) is 19.9. The van der Waals surface area contributed by atoms with Crippen molar-refractivity contribution in [3.8, 4) is 0 Å². The molecule has 1 aromatic heterocycles. The van der Waals surface area contributed by atoms with Gasteiger partial charge in [-0.2, -0.15) is 0 Å². The summed E-state index contributed by atoms with van der Waals surface area (Å²) in [7, 11) is 0. The second-order valence-electron chi connectivity index (χ2n) is 14.8. The van der Waals surface area contributed by atoms with Crippen LogP contribution in [-0.4, -0.2) is 11.5 Å². The molecular formula is C53H39N5. The lowest BCUT2D eigenvalue weighted by Crippen LogP contribution is -2.37. The Morgan fingerprint density at radius 1 is 0.466 bits per heavy atom. The number of aromatic nitrogens is 1. The van der Waals surface area contributed by atoms with Crippen LogP contribution in [-0.2, 0) is 5.41 Å². The molecule has 3 aliphatic rings. The number of allylic oxidation sites excluding steroid dienone is 2. The van der Waals surface area contributed by atoms with Gasteiger partial charge in [-0.25, -0.2) is 0 Å². The normalized spacial score (nSPS) is 14.2. The van der Waals surface area contributed by atoms with Gasteiger partial charge in [-0.05, 0) is 125 Å². The van der Waals surface area contributed by atoms with Gasteiger partial charge in [0.15, 0.2) is 0 Å². The maximum absolute atomic E-state index is 5.13. The fraction of sp³-hybridized carbons (Fsp3) is 0.0377. The van der Waals surface area contributed by atoms with Crippen LogP contribution in [0, 0.1) is 0 Å². The van der Waals surface area contributed by atoms with Crippen LogP contribution in [0.1, 0.15) is 22.4 Å². The standard InChI is InChI=1S/C53H39N5/c1-6-18-38(19-7-1)56(39-20-8-2-9-21-39)43-30-32-49-47(36-43)53(45-28-16-34-54-51(45)52-46(53)29-17-35-55-52)48-37-44(31-33-50(48)58(49)42-26-14-5-15-27-42)57(40-22-10-3-11-23-40)41-24-12-4-13-25-41/h1-34,36-37,55H,35H2. The van der Waals surface area contributed by atoms with E-state index >= 15 is 0 Å². The number of para-hydroxylation sites is 5. The van der Waals surface area contributed by atoms with Crippen molar-refractivity contribution in [3.63, 3.8) is 0 Å². The summed E-state index contributed by atoms with van der Waals surface area (Å²) in [6.45, 7) is 0.743. The van der Waals surface area contributed by atoms with Crippen LogP contribution in [0.2, 0.25) is 0 Å². The van der Waals surface area contributed by atoms with Crippen molar-refractivity contribution in [2.24, 2.45) is 0 Å². The lowest BCUT2D eigenvalue weighted by Gasteiger charge is -2.46. The van der Waals surface area contributed by atoms with Gasteiger partial charge in [0.05, 0.1) is 28.2 Å². The van der Waals surface area contributed by atoms with E-state index < -0.39 is 5.41 Å². The van der Waals surface area contributed by atoms with Crippen LogP contribution in [0.3, 0.4) is 0 Å². The first-order valence-corrected chi connectivity index (χ1v) is 19.9. The van der Waals surface area contributed by atoms with E-state index in [4.69, 9.17) is 4.98 Å². The highest BCUT2D eigenvalue weighted by molar-refractivity contribution is 5.98. The third-order valence-electron chi connectivity index (χ3n) is 11.6. The molecule has 58 heavy (non-hydrogen) atoms. The molecule has 0 saturated heterocycles. The van der Waals surface area contributed by atoms with Gasteiger partial charge >= 0.3 is 0 Å². The van der Waals surface area contributed by atoms with Crippen molar-refractivity contribution >= 4 is 56.9 Å². The van der Waals surface area contributed by atoms with Crippen LogP contribution in [0.25, 0.3) is 5.70 Å². The van der Waals surface area contributed by atoms with Gasteiger partial charge in [0.2, 0.25) is 0 Å². The molecule has 1 N–H and O–H groups in total. The van der Waals surface area contributed by atoms with Crippen LogP contribution < -0.4 is 20.0 Å². The van der Waals surface area contributed by atoms with Gasteiger partial charge in [-0.1, -0.05) is 109 Å². The minimum absolute atomic E-state index is 0.719. The number of nitrogens with one attached hydrogen (secondary N) is 1. The molecule has 5 heteroatoms. The van der Waals surface area contributed by atoms with E-state index in [1.807, 2.05) is 6.20 Å². The molecule has 2 aliphatic heterocycles. The molecular weight excluding hydrogens is 707 g/mol. The number of fused-ring (bicyclic) bond motifs is 8. The van der Waals surface area contributed by atoms with Gasteiger partial charge in [0.25, 0.3) is 0 Å². The van der Waals surface area contributed by atoms with Crippen LogP contribution in [0.5, 0.6) is 0 Å². The minimum atomic E-state index is -0.719. The molecule has 0 amide bonds. The zero-order chi connectivity index (χ0) is 38.5. The third-order valence-corrected chi connectivity index (χ3v) is 11.6. The zero-order valence-electron chi connectivity index (χ0n) is 31.8. The minimum Gasteiger partial charge on any atom is -0.380 e. The molecule has 3 heterocycles. The van der Waals surface area contributed by atoms with Crippen molar-refractivity contribution in [2.75, 3.05) is 21.2 Å². The van der Waals surface area contributed by atoms with Gasteiger partial charge < -0.3 is 20.0 Å². The summed E-state index contributed by atoms with van der Waals surface area (Å²) in [5, 5.41) is 3.79. The Morgan fingerprint density at radius 3 is 1.41 bits per heavy atom. The summed E-state index contributed by atoms with van der Waals surface area (Å²) >= 11 is 0. The average molecular weight is 746 g/mol. The Bertz CT molecular complexity index is 2620. The first kappa shape index (κ1) is 33.7. The number of nitrogens with zero attached hydrogens (tertiary/aromatic N) is 4. The summed E-state index contributed by atoms with van der Waals surface area (Å²) in [4.78, 5) is 12.3. The Hall–Kier alpha value is -7.63. The molecule has 8 aromatic rings. The van der Waals surface area contributed by atoms with Gasteiger partial charge in [-0.3, -0.25) is 4.98 Å². The maximum Gasteiger partial charge on any atom is 0.0912 e. The summed E-state index contributed by atoms with van der Waals surface area (Å²) in [5.74, 6) is 0. The molecule has 0 radical (unpaired) electrons. The number of hydrogen-bond donors (Lipinski definition) is 1. The van der Waals surface area contributed by atoms with E-state index in [1.165, 1.54) is 22.3 Å². The van der Waals surface area contributed by atoms with Gasteiger partial charge in [0.1, 0.15) is 0 Å². The predicted octanol–water partition coefficient (Wildman–Crippen LogP) is 13.0. The Balaban J connectivity index is 1.25. The van der Waals surface area contributed by atoms with Crippen molar-refractivity contribution in [3.05, 3.63) is 246 Å². The third kappa shape index (κ3) is 5.21. The largest absolute Gasteiger partial charge is 0.380 e. The molecule has 5 nitrogen and oxygen atoms in total. The molecule has 0 atom stereocenters. The number of anilines is 9. The number of dihydropyridines is 1. The monoisotopic (exact) mass is 745 g/mol. The quantitative estimate of drug-likeness (QED) is 0.176. The smallest absolute Gasteiger partial charge is 0.0912 e. The van der Waals surface area contributed by atoms with Crippen molar-refractivity contribution in [1.82, 2.24) is 10.3 Å². The molecule has 276 valence electrons. The first-order chi connectivity index (χ1) is 28.8. The molecule has 0 saturated carbocycles. The topological polar surface area (TPSA) is 34.6 Å². The Morgan fingerprint density at radius 2 is 0.931 bits per heavy atom. The molecule has 0 fully saturated rings. The van der Waals surface area contributed by atoms with Crippen LogP contribution in [0.4, 0.5) is 51.2 Å². The Kier molecular flexibility index (Phi) is 8.04. The summed E-state index contributed by atoms with van der Waals surface area (Å²) in [6.07, 6.45) is 6.52. The lowest BCUT2D eigenvalue weighted by molar-refractivity contribution is 0.738. The van der Waals surface area contributed by atoms with Crippen LogP contribution in [0.15, 0.2) is 224 Å². The van der Waals surface area contributed by atoms with E-state index in [0.29, 0.717) is 0 Å². The second kappa shape index (κ2) is 13.8. The summed E-state index contributed by atoms with van der Waals surface area (Å²) < 4.78 is 0. The number of benzene rings is 7. The van der Waals surface area contributed by atoms with Crippen LogP contribution >= 0.6 is 0 Å². The number of hydrogen-bond acceptors (Lipinski definition) is 5. The van der Waals surface area contributed by atoms with Crippen molar-refractivity contribution in [1.29, 1.82) is 0 Å². The highest BCUT2D eigenvalue weighted by atomic mass is 15.2. The van der Waals surface area contributed by atoms with E-state index in [0.717, 1.165) is 69.1 Å². The van der Waals surface area contributed by atoms with E-state index in [2.05, 4.69) is 232 Å². The fourth-order valence-electron chi connectivity index (χ4n) is 9.32. The molecule has 7 aromatic carbocycles. The SMILES string of the molecule is C1=CC2=C(NC1)c1ncccc1C21c2cc(N(c3ccccc3)c3ccccc3)ccc2N(c2ccccc2)c2ccc(N(c3ccccc3)c3ccccc3)cc21. The maximum atomic E-state index is 5.13. The molecule has 0 unspecified atom stereocenters. The van der Waals surface area contributed by atoms with Crippen molar-refractivity contribution < 1.29 is 0 Å². The van der Waals surface area contributed by atoms with Gasteiger partial charge in [0, 0.05) is 52.6 Å². The number of rotatable bonds is 7. The highest BCUT2D eigenvalue weighted by Crippen LogP contribution is 2.64. The molecule has 1 spiro atoms. The molecule has 1 aliphatic carbocycles. The number of pyridine rings is 1. The van der Waals surface area contributed by atoms with E-state index in [-0.39, 0.29) is 0 Å². The summed E-state index contributed by atoms with van der Waals surface area (Å²) in [6, 6.07) is 71.9. The lowest BCUT2D eigenvalue weighted by atomic mass is 9.63. The fourth-order valence-corrected chi connectivity index (χ4v) is 9.32. The highest BCUT2D eigenvalue weighted by Gasteiger charge is 2.54. The summed E-state index contributed by atoms with van der Waals surface area (Å²) in [5.41, 5.74) is 16.0. The average Bonchev–Trinajstić information content (AvgIpc) is 3.59. The zero-order valence-corrected chi connectivity index (χ0v) is 31.8. The van der Waals surface area contributed by atoms with Gasteiger partial charge in [-0.15, -0.1) is 0 Å². The van der Waals surface area contributed by atoms with E-state index in [9.17, 15) is 0 Å². The van der Waals surface area contributed by atoms with E-state index in [1.54, 1.807) is 0 Å². The molecule has 0 bridgehead atoms. The van der Waals surface area contributed by atoms with Crippen molar-refractivity contribution in [2.45, 2.75) is 5.41 Å². The predicted molar refractivity (Wildman–Crippen MR) is 239 cm³/mol. The Labute approximate surface area is 339 Å².